The van der Waals surface area contributed by atoms with Crippen LogP contribution in [0.4, 0.5) is 0 Å². The molecule has 14 N–H and O–H groups in total. The van der Waals surface area contributed by atoms with E-state index >= 15 is 0 Å². The molecule has 0 radical (unpaired) electrons. The number of para-hydroxylation sites is 4. The molecule has 5 atom stereocenters. The van der Waals surface area contributed by atoms with Crippen LogP contribution in [0.1, 0.15) is 128 Å². The van der Waals surface area contributed by atoms with Gasteiger partial charge in [0.1, 0.15) is 23.0 Å². The first-order valence-electron chi connectivity index (χ1n) is 31.9. The number of nitrogens with one attached hydrogen (secondary N) is 10. The van der Waals surface area contributed by atoms with Crippen molar-refractivity contribution < 1.29 is 68.4 Å². The molecule has 4 aliphatic heterocycles. The minimum Gasteiger partial charge on any atom is -0.506 e. The topological polar surface area (TPSA) is 434 Å². The van der Waals surface area contributed by atoms with Gasteiger partial charge in [0.25, 0.3) is 47.3 Å². The second kappa shape index (κ2) is 37.6. The average Bonchev–Trinajstić information content (AvgIpc) is 0.952. The SMILES string of the molecule is [N-]=[N+]=NCCCNC(=O)CCCC(=O)NCCCCC1CN2CCNC(=O)c3cccc(c3O)C(=O)NCCN3CCNC(=O)c4cccc(c4O)C(=O)NCCN(CCNC(=O)c4cccc(c4O)C(=O)NCCN(CCNC(=O)c4cccc(c4O)C(=O)N1)CC3)CC2. The van der Waals surface area contributed by atoms with E-state index in [9.17, 15) is 68.4 Å². The zero-order chi connectivity index (χ0) is 68.1. The van der Waals surface area contributed by atoms with Crippen LogP contribution in [0.5, 0.6) is 23.0 Å². The number of carbonyl (C=O) groups excluding carboxylic acids is 10. The molecule has 510 valence electrons. The smallest absolute Gasteiger partial charge is 0.255 e. The number of hydrogen-bond donors (Lipinski definition) is 14. The van der Waals surface area contributed by atoms with Crippen molar-refractivity contribution >= 4 is 59.1 Å². The minimum atomic E-state index is -0.731. The molecule has 8 rings (SSSR count). The summed E-state index contributed by atoms with van der Waals surface area (Å²) < 4.78 is 0. The number of amides is 10. The number of rotatable bonds is 13. The molecular formula is C64H85N17O14. The van der Waals surface area contributed by atoms with Gasteiger partial charge in [0, 0.05) is 168 Å². The second-order valence-electron chi connectivity index (χ2n) is 23.0. The van der Waals surface area contributed by atoms with Gasteiger partial charge in [-0.3, -0.25) is 67.5 Å². The number of aromatic hydroxyl groups is 4. The lowest BCUT2D eigenvalue weighted by molar-refractivity contribution is -0.122. The number of carbonyl (C=O) groups is 10. The molecule has 0 aliphatic carbocycles. The molecule has 4 aromatic carbocycles. The van der Waals surface area contributed by atoms with Gasteiger partial charge in [-0.15, -0.1) is 0 Å². The average molecular weight is 1320 g/mol. The predicted octanol–water partition coefficient (Wildman–Crippen LogP) is 0.339. The maximum Gasteiger partial charge on any atom is 0.255 e. The van der Waals surface area contributed by atoms with E-state index in [4.69, 9.17) is 5.53 Å². The fourth-order valence-corrected chi connectivity index (χ4v) is 11.0. The number of benzene rings is 4. The molecule has 4 heterocycles. The van der Waals surface area contributed by atoms with Gasteiger partial charge in [-0.25, -0.2) is 0 Å². The van der Waals surface area contributed by atoms with Crippen molar-refractivity contribution in [2.45, 2.75) is 51.0 Å². The Labute approximate surface area is 549 Å². The lowest BCUT2D eigenvalue weighted by Gasteiger charge is -2.31. The van der Waals surface area contributed by atoms with Crippen molar-refractivity contribution in [3.8, 4) is 23.0 Å². The second-order valence-corrected chi connectivity index (χ2v) is 23.0. The number of fused-ring (bicyclic) bond motifs is 26. The Morgan fingerprint density at radius 1 is 0.411 bits per heavy atom. The number of azide groups is 1. The van der Waals surface area contributed by atoms with Crippen LogP contribution in [0.3, 0.4) is 0 Å². The fraction of sp³-hybridized carbons (Fsp3) is 0.469. The molecule has 5 unspecified atom stereocenters. The van der Waals surface area contributed by atoms with E-state index in [1.165, 1.54) is 72.8 Å². The Morgan fingerprint density at radius 3 is 1.01 bits per heavy atom. The molecule has 4 aliphatic rings. The van der Waals surface area contributed by atoms with E-state index in [2.05, 4.69) is 63.2 Å². The third-order valence-corrected chi connectivity index (χ3v) is 16.3. The highest BCUT2D eigenvalue weighted by molar-refractivity contribution is 6.06. The molecule has 12 bridgehead atoms. The summed E-state index contributed by atoms with van der Waals surface area (Å²) >= 11 is 0. The van der Waals surface area contributed by atoms with Crippen LogP contribution in [0, 0.1) is 0 Å². The standard InChI is InChI=1S/C64H85N17O14/c65-77-75-22-8-21-67-52(83)19-7-18-51(82)66-20-2-1-9-42-41-81-36-29-74-62(93)48-15-5-14-47(55(48)86)59(90)70-24-31-78-30-23-68-57(88)43-10-3-12-45(53(43)84)60(91)71-27-34-80(39-40-81)35-28-72-61(92)46-13-4-11-44(54(46)85)58(89)69-25-32-79(38-37-78)33-26-73-63(94)49-16-6-17-50(56(49)87)64(95)76-42/h3-6,10-17,42,84-87H,1-2,7-9,18-41H2,(H,66,82)(H,67,83)(H,68,88)(H,69,89)(H,70,90)(H,71,91)(H,72,92)(H,73,94)(H,74,93)(H,76,95). The maximum absolute atomic E-state index is 14.6. The van der Waals surface area contributed by atoms with E-state index in [-0.39, 0.29) is 219 Å². The lowest BCUT2D eigenvalue weighted by atomic mass is 10.0. The zero-order valence-electron chi connectivity index (χ0n) is 53.0. The van der Waals surface area contributed by atoms with Crippen LogP contribution in [-0.4, -0.2) is 249 Å². The third kappa shape index (κ3) is 22.3. The van der Waals surface area contributed by atoms with Crippen LogP contribution >= 0.6 is 0 Å². The van der Waals surface area contributed by atoms with Crippen LogP contribution in [-0.2, 0) is 9.59 Å². The third-order valence-electron chi connectivity index (χ3n) is 16.3. The Kier molecular flexibility index (Phi) is 28.6. The van der Waals surface area contributed by atoms with Crippen molar-refractivity contribution in [1.82, 2.24) is 72.8 Å². The molecule has 95 heavy (non-hydrogen) atoms. The van der Waals surface area contributed by atoms with E-state index in [0.29, 0.717) is 25.8 Å². The number of unbranched alkanes of at least 4 members (excludes halogenated alkanes) is 1. The van der Waals surface area contributed by atoms with Crippen LogP contribution < -0.4 is 53.2 Å². The Morgan fingerprint density at radius 2 is 0.695 bits per heavy atom. The highest BCUT2D eigenvalue weighted by atomic mass is 16.3. The van der Waals surface area contributed by atoms with Crippen molar-refractivity contribution in [1.29, 1.82) is 0 Å². The van der Waals surface area contributed by atoms with Gasteiger partial charge in [0.2, 0.25) is 11.8 Å². The highest BCUT2D eigenvalue weighted by Gasteiger charge is 2.27. The summed E-state index contributed by atoms with van der Waals surface area (Å²) in [4.78, 5) is 147. The van der Waals surface area contributed by atoms with Crippen LogP contribution in [0.25, 0.3) is 10.4 Å². The van der Waals surface area contributed by atoms with Crippen LogP contribution in [0.15, 0.2) is 77.9 Å². The zero-order valence-corrected chi connectivity index (χ0v) is 53.0. The van der Waals surface area contributed by atoms with Gasteiger partial charge in [-0.1, -0.05) is 29.4 Å². The Balaban J connectivity index is 1.26. The van der Waals surface area contributed by atoms with Crippen molar-refractivity contribution in [2.24, 2.45) is 5.11 Å². The summed E-state index contributed by atoms with van der Waals surface area (Å²) in [5.41, 5.74) is 6.99. The molecule has 0 fully saturated rings. The number of phenolic OH excluding ortho intramolecular Hbond substituents is 4. The number of phenols is 4. The molecule has 0 spiro atoms. The molecule has 0 saturated carbocycles. The van der Waals surface area contributed by atoms with E-state index in [0.717, 1.165) is 0 Å². The minimum absolute atomic E-state index is 0.000441. The molecule has 4 aromatic rings. The van der Waals surface area contributed by atoms with Gasteiger partial charge < -0.3 is 73.6 Å². The number of hydrogen-bond acceptors (Lipinski definition) is 19. The quantitative estimate of drug-likeness (QED) is 0.0371. The predicted molar refractivity (Wildman–Crippen MR) is 348 cm³/mol. The first kappa shape index (κ1) is 72.4. The fourth-order valence-electron chi connectivity index (χ4n) is 11.0. The van der Waals surface area contributed by atoms with Crippen molar-refractivity contribution in [2.75, 3.05) is 144 Å². The van der Waals surface area contributed by atoms with E-state index in [1.54, 1.807) is 0 Å². The highest BCUT2D eigenvalue weighted by Crippen LogP contribution is 2.26. The summed E-state index contributed by atoms with van der Waals surface area (Å²) in [6, 6.07) is 16.1. The van der Waals surface area contributed by atoms with Gasteiger partial charge in [-0.05, 0) is 86.2 Å². The molecule has 0 aromatic heterocycles. The van der Waals surface area contributed by atoms with Crippen LogP contribution in [0.2, 0.25) is 0 Å². The first-order valence-corrected chi connectivity index (χ1v) is 31.9. The molecule has 31 nitrogen and oxygen atoms in total. The van der Waals surface area contributed by atoms with Gasteiger partial charge in [-0.2, -0.15) is 0 Å². The largest absolute Gasteiger partial charge is 0.506 e. The lowest BCUT2D eigenvalue weighted by Crippen LogP contribution is -2.49. The monoisotopic (exact) mass is 1320 g/mol. The maximum atomic E-state index is 14.6. The molecule has 10 amide bonds. The van der Waals surface area contributed by atoms with E-state index in [1.807, 2.05) is 19.6 Å². The van der Waals surface area contributed by atoms with E-state index < -0.39 is 76.3 Å². The summed E-state index contributed by atoms with van der Waals surface area (Å²) in [5, 5.41) is 78.0. The molecule has 31 heteroatoms. The number of nitrogens with zero attached hydrogens (tertiary/aromatic N) is 7. The molecule has 0 saturated heterocycles. The summed E-state index contributed by atoms with van der Waals surface area (Å²) in [6.07, 6.45) is 2.11. The summed E-state index contributed by atoms with van der Waals surface area (Å²) in [6.45, 7) is 2.44. The Bertz CT molecular complexity index is 3360. The normalized spacial score (nSPS) is 20.4. The molecular weight excluding hydrogens is 1230 g/mol. The Hall–Kier alpha value is -10.1. The van der Waals surface area contributed by atoms with Crippen molar-refractivity contribution in [3.63, 3.8) is 0 Å². The summed E-state index contributed by atoms with van der Waals surface area (Å²) in [5.74, 6) is -8.41. The summed E-state index contributed by atoms with van der Waals surface area (Å²) in [7, 11) is 0. The first-order chi connectivity index (χ1) is 45.9. The van der Waals surface area contributed by atoms with Gasteiger partial charge >= 0.3 is 0 Å². The van der Waals surface area contributed by atoms with Gasteiger partial charge in [0.15, 0.2) is 0 Å². The van der Waals surface area contributed by atoms with Crippen molar-refractivity contribution in [3.05, 3.63) is 128 Å². The van der Waals surface area contributed by atoms with Gasteiger partial charge in [0.05, 0.1) is 44.5 Å².